The molecule has 0 aliphatic rings. The Kier molecular flexibility index (Phi) is 6.42. The Bertz CT molecular complexity index is 401. The third kappa shape index (κ3) is 3.99. The number of carbonyl (C=O) groups is 1. The molecule has 1 heterocycles. The van der Waals surface area contributed by atoms with E-state index in [-0.39, 0.29) is 11.9 Å². The van der Waals surface area contributed by atoms with Crippen molar-refractivity contribution in [2.24, 2.45) is 0 Å². The molecule has 5 heteroatoms. The molecule has 1 unspecified atom stereocenters. The molecule has 108 valence electrons. The first-order chi connectivity index (χ1) is 9.15. The lowest BCUT2D eigenvalue weighted by atomic mass is 9.91. The third-order valence-corrected chi connectivity index (χ3v) is 3.16. The van der Waals surface area contributed by atoms with Gasteiger partial charge < -0.3 is 15.3 Å². The molecule has 1 atom stereocenters. The minimum Gasteiger partial charge on any atom is -0.461 e. The molecule has 0 bridgehead atoms. The van der Waals surface area contributed by atoms with E-state index in [0.717, 1.165) is 24.8 Å². The summed E-state index contributed by atoms with van der Waals surface area (Å²) in [6.45, 7) is 4.93. The maximum Gasteiger partial charge on any atom is 0.357 e. The third-order valence-electron chi connectivity index (χ3n) is 3.16. The first-order valence-electron chi connectivity index (χ1n) is 6.78. The van der Waals surface area contributed by atoms with Crippen molar-refractivity contribution in [3.05, 3.63) is 23.5 Å². The average Bonchev–Trinajstić information content (AvgIpc) is 2.76. The fraction of sp³-hybridized carbons (Fsp3) is 0.643. The van der Waals surface area contributed by atoms with Crippen LogP contribution in [0.25, 0.3) is 0 Å². The zero-order valence-electron chi connectivity index (χ0n) is 12.0. The predicted molar refractivity (Wildman–Crippen MR) is 74.7 cm³/mol. The second-order valence-electron chi connectivity index (χ2n) is 4.51. The fourth-order valence-corrected chi connectivity index (χ4v) is 2.28. The van der Waals surface area contributed by atoms with E-state index in [1.165, 1.54) is 4.68 Å². The van der Waals surface area contributed by atoms with E-state index in [2.05, 4.69) is 6.92 Å². The molecule has 0 aliphatic carbocycles. The summed E-state index contributed by atoms with van der Waals surface area (Å²) in [5, 5.41) is 0. The summed E-state index contributed by atoms with van der Waals surface area (Å²) >= 11 is 0. The smallest absolute Gasteiger partial charge is 0.357 e. The summed E-state index contributed by atoms with van der Waals surface area (Å²) in [6, 6.07) is 1.90. The van der Waals surface area contributed by atoms with Gasteiger partial charge in [-0.3, -0.25) is 4.68 Å². The molecule has 0 spiro atoms. The summed E-state index contributed by atoms with van der Waals surface area (Å²) in [6.07, 6.45) is 4.63. The molecule has 0 fully saturated rings. The van der Waals surface area contributed by atoms with Gasteiger partial charge in [-0.25, -0.2) is 4.79 Å². The largest absolute Gasteiger partial charge is 0.461 e. The van der Waals surface area contributed by atoms with Crippen LogP contribution in [0.15, 0.2) is 12.3 Å². The predicted octanol–water partition coefficient (Wildman–Crippen LogP) is 2.30. The zero-order chi connectivity index (χ0) is 14.3. The molecule has 2 N–H and O–H groups in total. The Balaban J connectivity index is 2.98. The van der Waals surface area contributed by atoms with Crippen molar-refractivity contribution in [3.8, 4) is 0 Å². The normalized spacial score (nSPS) is 12.4. The highest BCUT2D eigenvalue weighted by Gasteiger charge is 2.23. The number of ether oxygens (including phenoxy) is 2. The van der Waals surface area contributed by atoms with Crippen molar-refractivity contribution in [3.63, 3.8) is 0 Å². The van der Waals surface area contributed by atoms with Crippen molar-refractivity contribution >= 4 is 5.97 Å². The number of hydrogen-bond acceptors (Lipinski definition) is 4. The first kappa shape index (κ1) is 15.6. The van der Waals surface area contributed by atoms with Crippen LogP contribution in [-0.4, -0.2) is 31.0 Å². The van der Waals surface area contributed by atoms with Crippen molar-refractivity contribution in [1.82, 2.24) is 4.68 Å². The van der Waals surface area contributed by atoms with Gasteiger partial charge in [-0.15, -0.1) is 0 Å². The Morgan fingerprint density at radius 3 is 2.74 bits per heavy atom. The SMILES string of the molecule is CCCC(CCOC)c1ccn(N)c1C(=O)OCC. The van der Waals surface area contributed by atoms with Crippen LogP contribution in [0.5, 0.6) is 0 Å². The van der Waals surface area contributed by atoms with Gasteiger partial charge in [0.15, 0.2) is 5.69 Å². The van der Waals surface area contributed by atoms with E-state index in [1.807, 2.05) is 6.07 Å². The van der Waals surface area contributed by atoms with Crippen LogP contribution in [0, 0.1) is 0 Å². The summed E-state index contributed by atoms with van der Waals surface area (Å²) in [5.74, 6) is 5.73. The molecule has 0 radical (unpaired) electrons. The highest BCUT2D eigenvalue weighted by molar-refractivity contribution is 5.89. The van der Waals surface area contributed by atoms with Crippen LogP contribution >= 0.6 is 0 Å². The number of nitrogens with zero attached hydrogens (tertiary/aromatic N) is 1. The van der Waals surface area contributed by atoms with Gasteiger partial charge in [0.2, 0.25) is 0 Å². The van der Waals surface area contributed by atoms with Gasteiger partial charge >= 0.3 is 5.97 Å². The zero-order valence-corrected chi connectivity index (χ0v) is 12.0. The Labute approximate surface area is 114 Å². The molecule has 19 heavy (non-hydrogen) atoms. The quantitative estimate of drug-likeness (QED) is 0.580. The summed E-state index contributed by atoms with van der Waals surface area (Å²) in [5.41, 5.74) is 1.41. The summed E-state index contributed by atoms with van der Waals surface area (Å²) in [4.78, 5) is 12.0. The number of nitrogens with two attached hydrogens (primary N) is 1. The van der Waals surface area contributed by atoms with E-state index >= 15 is 0 Å². The monoisotopic (exact) mass is 268 g/mol. The second-order valence-corrected chi connectivity index (χ2v) is 4.51. The van der Waals surface area contributed by atoms with Crippen LogP contribution in [-0.2, 0) is 9.47 Å². The maximum absolute atomic E-state index is 12.0. The van der Waals surface area contributed by atoms with Crippen molar-refractivity contribution < 1.29 is 14.3 Å². The van der Waals surface area contributed by atoms with E-state index in [0.29, 0.717) is 18.9 Å². The van der Waals surface area contributed by atoms with Gasteiger partial charge in [0, 0.05) is 19.9 Å². The fourth-order valence-electron chi connectivity index (χ4n) is 2.28. The van der Waals surface area contributed by atoms with Crippen LogP contribution in [0.3, 0.4) is 0 Å². The molecule has 5 nitrogen and oxygen atoms in total. The molecular weight excluding hydrogens is 244 g/mol. The highest BCUT2D eigenvalue weighted by Crippen LogP contribution is 2.28. The number of nitrogen functional groups attached to an aromatic ring is 1. The number of carbonyl (C=O) groups excluding carboxylic acids is 1. The van der Waals surface area contributed by atoms with E-state index in [1.54, 1.807) is 20.2 Å². The second kappa shape index (κ2) is 7.84. The van der Waals surface area contributed by atoms with Crippen molar-refractivity contribution in [1.29, 1.82) is 0 Å². The van der Waals surface area contributed by atoms with E-state index in [4.69, 9.17) is 15.3 Å². The van der Waals surface area contributed by atoms with Gasteiger partial charge in [-0.05, 0) is 37.3 Å². The van der Waals surface area contributed by atoms with Gasteiger partial charge in [0.25, 0.3) is 0 Å². The maximum atomic E-state index is 12.0. The number of hydrogen-bond donors (Lipinski definition) is 1. The molecular formula is C14H24N2O3. The minimum atomic E-state index is -0.358. The molecule has 1 aromatic rings. The van der Waals surface area contributed by atoms with Crippen LogP contribution in [0.1, 0.15) is 55.1 Å². The summed E-state index contributed by atoms with van der Waals surface area (Å²) in [7, 11) is 1.68. The van der Waals surface area contributed by atoms with Crippen LogP contribution in [0.4, 0.5) is 0 Å². The Morgan fingerprint density at radius 2 is 2.16 bits per heavy atom. The number of aromatic nitrogens is 1. The lowest BCUT2D eigenvalue weighted by molar-refractivity contribution is 0.0513. The van der Waals surface area contributed by atoms with E-state index in [9.17, 15) is 4.79 Å². The van der Waals surface area contributed by atoms with Crippen molar-refractivity contribution in [2.75, 3.05) is 26.2 Å². The standard InChI is InChI=1S/C14H24N2O3/c1-4-6-11(8-10-18-3)12-7-9-16(15)13(12)14(17)19-5-2/h7,9,11H,4-6,8,10,15H2,1-3H3. The van der Waals surface area contributed by atoms with Crippen LogP contribution < -0.4 is 5.84 Å². The van der Waals surface area contributed by atoms with E-state index < -0.39 is 0 Å². The minimum absolute atomic E-state index is 0.272. The highest BCUT2D eigenvalue weighted by atomic mass is 16.5. The molecule has 0 aromatic carbocycles. The van der Waals surface area contributed by atoms with Gasteiger partial charge in [0.05, 0.1) is 6.61 Å². The van der Waals surface area contributed by atoms with Crippen LogP contribution in [0.2, 0.25) is 0 Å². The number of methoxy groups -OCH3 is 1. The number of esters is 1. The molecule has 1 rings (SSSR count). The molecule has 0 saturated heterocycles. The molecule has 0 amide bonds. The molecule has 1 aromatic heterocycles. The Hall–Kier alpha value is -1.49. The molecule has 0 saturated carbocycles. The molecule has 0 aliphatic heterocycles. The summed E-state index contributed by atoms with van der Waals surface area (Å²) < 4.78 is 11.6. The average molecular weight is 268 g/mol. The Morgan fingerprint density at radius 1 is 1.42 bits per heavy atom. The van der Waals surface area contributed by atoms with Gasteiger partial charge in [0.1, 0.15) is 0 Å². The lowest BCUT2D eigenvalue weighted by Gasteiger charge is -2.17. The number of rotatable bonds is 8. The van der Waals surface area contributed by atoms with Gasteiger partial charge in [-0.2, -0.15) is 0 Å². The van der Waals surface area contributed by atoms with Crippen molar-refractivity contribution in [2.45, 2.75) is 39.0 Å². The lowest BCUT2D eigenvalue weighted by Crippen LogP contribution is -2.20. The topological polar surface area (TPSA) is 66.5 Å². The van der Waals surface area contributed by atoms with Gasteiger partial charge in [-0.1, -0.05) is 13.3 Å². The first-order valence-corrected chi connectivity index (χ1v) is 6.78.